The van der Waals surface area contributed by atoms with E-state index >= 15 is 0 Å². The molecular weight excluding hydrogens is 290 g/mol. The lowest BCUT2D eigenvalue weighted by atomic mass is 10.0. The van der Waals surface area contributed by atoms with Crippen molar-refractivity contribution < 1.29 is 13.2 Å². The van der Waals surface area contributed by atoms with Gasteiger partial charge in [-0.15, -0.1) is 0 Å². The van der Waals surface area contributed by atoms with Gasteiger partial charge in [-0.1, -0.05) is 12.1 Å². The molecular formula is C14H23N3O3S. The first-order chi connectivity index (χ1) is 10.0. The molecule has 0 saturated carbocycles. The molecule has 1 aromatic carbocycles. The fourth-order valence-corrected chi connectivity index (χ4v) is 4.12. The SMILES string of the molecule is COc1ccccc1N(C)S(=O)(=O)N1CCCC(CN)C1. The zero-order chi connectivity index (χ0) is 15.5. The first kappa shape index (κ1) is 16.1. The van der Waals surface area contributed by atoms with Crippen LogP contribution in [0.25, 0.3) is 0 Å². The highest BCUT2D eigenvalue weighted by Crippen LogP contribution is 2.30. The van der Waals surface area contributed by atoms with Gasteiger partial charge in [-0.2, -0.15) is 12.7 Å². The van der Waals surface area contributed by atoms with E-state index in [0.29, 0.717) is 31.1 Å². The van der Waals surface area contributed by atoms with Gasteiger partial charge in [-0.25, -0.2) is 0 Å². The third-order valence-corrected chi connectivity index (χ3v) is 5.78. The highest BCUT2D eigenvalue weighted by molar-refractivity contribution is 7.90. The molecule has 6 nitrogen and oxygen atoms in total. The van der Waals surface area contributed by atoms with Crippen LogP contribution in [0.3, 0.4) is 0 Å². The minimum atomic E-state index is -3.56. The van der Waals surface area contributed by atoms with Gasteiger partial charge in [0, 0.05) is 20.1 Å². The standard InChI is InChI=1S/C14H23N3O3S/c1-16(13-7-3-4-8-14(13)20-2)21(18,19)17-9-5-6-12(10-15)11-17/h3-4,7-8,12H,5-6,9-11,15H2,1-2H3. The number of hydrogen-bond acceptors (Lipinski definition) is 4. The van der Waals surface area contributed by atoms with Crippen LogP contribution >= 0.6 is 0 Å². The summed E-state index contributed by atoms with van der Waals surface area (Å²) in [6.07, 6.45) is 1.84. The summed E-state index contributed by atoms with van der Waals surface area (Å²) in [5, 5.41) is 0. The molecule has 0 spiro atoms. The third kappa shape index (κ3) is 3.30. The van der Waals surface area contributed by atoms with E-state index in [1.165, 1.54) is 15.7 Å². The van der Waals surface area contributed by atoms with Gasteiger partial charge >= 0.3 is 10.2 Å². The van der Waals surface area contributed by atoms with Gasteiger partial charge in [0.05, 0.1) is 12.8 Å². The number of ether oxygens (including phenoxy) is 1. The van der Waals surface area contributed by atoms with Crippen LogP contribution < -0.4 is 14.8 Å². The van der Waals surface area contributed by atoms with Crippen LogP contribution in [0.5, 0.6) is 5.75 Å². The summed E-state index contributed by atoms with van der Waals surface area (Å²) < 4.78 is 33.6. The summed E-state index contributed by atoms with van der Waals surface area (Å²) >= 11 is 0. The first-order valence-electron chi connectivity index (χ1n) is 7.07. The molecule has 0 radical (unpaired) electrons. The molecule has 1 aliphatic rings. The highest BCUT2D eigenvalue weighted by atomic mass is 32.2. The van der Waals surface area contributed by atoms with E-state index in [4.69, 9.17) is 10.5 Å². The minimum Gasteiger partial charge on any atom is -0.495 e. The molecule has 1 unspecified atom stereocenters. The predicted molar refractivity (Wildman–Crippen MR) is 83.7 cm³/mol. The summed E-state index contributed by atoms with van der Waals surface area (Å²) in [5.74, 6) is 0.774. The van der Waals surface area contributed by atoms with Gasteiger partial charge in [0.1, 0.15) is 5.75 Å². The number of nitrogens with zero attached hydrogens (tertiary/aromatic N) is 2. The Balaban J connectivity index is 2.26. The predicted octanol–water partition coefficient (Wildman–Crippen LogP) is 1.05. The lowest BCUT2D eigenvalue weighted by molar-refractivity contribution is 0.271. The van der Waals surface area contributed by atoms with Gasteiger partial charge in [0.25, 0.3) is 0 Å². The van der Waals surface area contributed by atoms with E-state index < -0.39 is 10.2 Å². The molecule has 7 heteroatoms. The molecule has 0 bridgehead atoms. The second-order valence-electron chi connectivity index (χ2n) is 5.25. The van der Waals surface area contributed by atoms with Crippen LogP contribution in [-0.4, -0.2) is 46.5 Å². The molecule has 1 fully saturated rings. The average molecular weight is 313 g/mol. The Morgan fingerprint density at radius 1 is 1.43 bits per heavy atom. The number of benzene rings is 1. The Morgan fingerprint density at radius 3 is 2.81 bits per heavy atom. The molecule has 21 heavy (non-hydrogen) atoms. The van der Waals surface area contributed by atoms with Gasteiger partial charge in [-0.05, 0) is 37.4 Å². The molecule has 1 saturated heterocycles. The zero-order valence-corrected chi connectivity index (χ0v) is 13.3. The van der Waals surface area contributed by atoms with Crippen LogP contribution in [0.4, 0.5) is 5.69 Å². The largest absolute Gasteiger partial charge is 0.495 e. The maximum Gasteiger partial charge on any atom is 0.303 e. The molecule has 2 N–H and O–H groups in total. The number of rotatable bonds is 5. The number of para-hydroxylation sites is 2. The number of hydrogen-bond donors (Lipinski definition) is 1. The van der Waals surface area contributed by atoms with Crippen molar-refractivity contribution in [3.05, 3.63) is 24.3 Å². The topological polar surface area (TPSA) is 75.9 Å². The quantitative estimate of drug-likeness (QED) is 0.881. The maximum absolute atomic E-state index is 12.8. The molecule has 0 amide bonds. The van der Waals surface area contributed by atoms with E-state index in [1.807, 2.05) is 6.07 Å². The fourth-order valence-electron chi connectivity index (χ4n) is 2.62. The summed E-state index contributed by atoms with van der Waals surface area (Å²) in [4.78, 5) is 0. The number of nitrogens with two attached hydrogens (primary N) is 1. The van der Waals surface area contributed by atoms with Gasteiger partial charge in [-0.3, -0.25) is 4.31 Å². The van der Waals surface area contributed by atoms with E-state index in [2.05, 4.69) is 0 Å². The van der Waals surface area contributed by atoms with E-state index in [9.17, 15) is 8.42 Å². The van der Waals surface area contributed by atoms with Crippen molar-refractivity contribution in [3.63, 3.8) is 0 Å². The molecule has 2 rings (SSSR count). The number of methoxy groups -OCH3 is 1. The molecule has 1 atom stereocenters. The van der Waals surface area contributed by atoms with Crippen LogP contribution in [-0.2, 0) is 10.2 Å². The highest BCUT2D eigenvalue weighted by Gasteiger charge is 2.32. The molecule has 1 aromatic rings. The second kappa shape index (κ2) is 6.64. The lowest BCUT2D eigenvalue weighted by Gasteiger charge is -2.34. The van der Waals surface area contributed by atoms with Gasteiger partial charge in [0.15, 0.2) is 0 Å². The van der Waals surface area contributed by atoms with E-state index in [1.54, 1.807) is 25.2 Å². The van der Waals surface area contributed by atoms with Crippen molar-refractivity contribution >= 4 is 15.9 Å². The molecule has 0 aliphatic carbocycles. The van der Waals surface area contributed by atoms with Crippen molar-refractivity contribution in [2.45, 2.75) is 12.8 Å². The minimum absolute atomic E-state index is 0.236. The molecule has 1 heterocycles. The van der Waals surface area contributed by atoms with Crippen molar-refractivity contribution in [1.82, 2.24) is 4.31 Å². The van der Waals surface area contributed by atoms with Crippen molar-refractivity contribution in [3.8, 4) is 5.75 Å². The Bertz CT molecular complexity index is 577. The Labute approximate surface area is 126 Å². The van der Waals surface area contributed by atoms with Gasteiger partial charge < -0.3 is 10.5 Å². The Kier molecular flexibility index (Phi) is 5.08. The van der Waals surface area contributed by atoms with E-state index in [0.717, 1.165) is 12.8 Å². The smallest absolute Gasteiger partial charge is 0.303 e. The molecule has 118 valence electrons. The first-order valence-corrected chi connectivity index (χ1v) is 8.47. The van der Waals surface area contributed by atoms with Crippen LogP contribution in [0.15, 0.2) is 24.3 Å². The van der Waals surface area contributed by atoms with Gasteiger partial charge in [0.2, 0.25) is 0 Å². The number of anilines is 1. The lowest BCUT2D eigenvalue weighted by Crippen LogP contribution is -2.48. The zero-order valence-electron chi connectivity index (χ0n) is 12.5. The third-order valence-electron chi connectivity index (χ3n) is 3.91. The van der Waals surface area contributed by atoms with Crippen molar-refractivity contribution in [2.75, 3.05) is 38.1 Å². The van der Waals surface area contributed by atoms with Crippen LogP contribution in [0.2, 0.25) is 0 Å². The van der Waals surface area contributed by atoms with Crippen molar-refractivity contribution in [1.29, 1.82) is 0 Å². The van der Waals surface area contributed by atoms with Crippen molar-refractivity contribution in [2.24, 2.45) is 11.7 Å². The Hall–Kier alpha value is -1.31. The monoisotopic (exact) mass is 313 g/mol. The summed E-state index contributed by atoms with van der Waals surface area (Å²) in [6.45, 7) is 1.54. The molecule has 1 aliphatic heterocycles. The summed E-state index contributed by atoms with van der Waals surface area (Å²) in [6, 6.07) is 7.10. The average Bonchev–Trinajstić information content (AvgIpc) is 2.54. The van der Waals surface area contributed by atoms with Crippen LogP contribution in [0.1, 0.15) is 12.8 Å². The Morgan fingerprint density at radius 2 is 2.14 bits per heavy atom. The summed E-state index contributed by atoms with van der Waals surface area (Å²) in [7, 11) is -0.472. The normalized spacial score (nSPS) is 20.2. The fraction of sp³-hybridized carbons (Fsp3) is 0.571. The summed E-state index contributed by atoms with van der Waals surface area (Å²) in [5.41, 5.74) is 6.22. The second-order valence-corrected chi connectivity index (χ2v) is 7.21. The van der Waals surface area contributed by atoms with Crippen LogP contribution in [0, 0.1) is 5.92 Å². The maximum atomic E-state index is 12.8. The molecule has 0 aromatic heterocycles. The van der Waals surface area contributed by atoms with E-state index in [-0.39, 0.29) is 5.92 Å². The number of piperidine rings is 1.